The molecule has 4 nitrogen and oxygen atoms in total. The molecule has 1 unspecified atom stereocenters. The molecule has 0 spiro atoms. The zero-order valence-electron chi connectivity index (χ0n) is 17.8. The van der Waals surface area contributed by atoms with E-state index in [0.29, 0.717) is 40.8 Å². The molecule has 1 saturated carbocycles. The van der Waals surface area contributed by atoms with Gasteiger partial charge in [-0.3, -0.25) is 4.90 Å². The summed E-state index contributed by atoms with van der Waals surface area (Å²) in [7, 11) is 0. The SMILES string of the molecule is CCCCOc1cc(C2CCCN2C2CC2)c(Cl)c(C)c1C(=O)Oc1ccccc1. The molecule has 1 aliphatic heterocycles. The van der Waals surface area contributed by atoms with Gasteiger partial charge in [0.15, 0.2) is 0 Å². The van der Waals surface area contributed by atoms with Crippen LogP contribution >= 0.6 is 11.6 Å². The lowest BCUT2D eigenvalue weighted by Gasteiger charge is -2.27. The van der Waals surface area contributed by atoms with Crippen molar-refractivity contribution in [2.45, 2.75) is 64.5 Å². The van der Waals surface area contributed by atoms with Crippen LogP contribution in [0.25, 0.3) is 0 Å². The molecular formula is C25H30ClNO3. The van der Waals surface area contributed by atoms with Crippen LogP contribution in [0, 0.1) is 6.92 Å². The minimum absolute atomic E-state index is 0.302. The number of nitrogens with zero attached hydrogens (tertiary/aromatic N) is 1. The largest absolute Gasteiger partial charge is 0.493 e. The summed E-state index contributed by atoms with van der Waals surface area (Å²) in [6, 6.07) is 12.1. The van der Waals surface area contributed by atoms with E-state index in [0.717, 1.165) is 36.9 Å². The van der Waals surface area contributed by atoms with Crippen LogP contribution in [0.1, 0.15) is 73.0 Å². The number of hydrogen-bond acceptors (Lipinski definition) is 4. The lowest BCUT2D eigenvalue weighted by molar-refractivity contribution is 0.0729. The summed E-state index contributed by atoms with van der Waals surface area (Å²) in [5.41, 5.74) is 2.25. The third kappa shape index (κ3) is 4.50. The fraction of sp³-hybridized carbons (Fsp3) is 0.480. The first-order valence-corrected chi connectivity index (χ1v) is 11.5. The van der Waals surface area contributed by atoms with E-state index < -0.39 is 5.97 Å². The molecule has 2 aromatic carbocycles. The summed E-state index contributed by atoms with van der Waals surface area (Å²) in [4.78, 5) is 15.7. The highest BCUT2D eigenvalue weighted by Gasteiger charge is 2.39. The van der Waals surface area contributed by atoms with E-state index in [4.69, 9.17) is 21.1 Å². The van der Waals surface area contributed by atoms with E-state index in [1.807, 2.05) is 31.2 Å². The molecule has 0 N–H and O–H groups in total. The van der Waals surface area contributed by atoms with Crippen molar-refractivity contribution < 1.29 is 14.3 Å². The fourth-order valence-electron chi connectivity index (χ4n) is 4.34. The summed E-state index contributed by atoms with van der Waals surface area (Å²) in [5.74, 6) is 0.672. The fourth-order valence-corrected chi connectivity index (χ4v) is 4.61. The molecule has 30 heavy (non-hydrogen) atoms. The molecule has 2 fully saturated rings. The second-order valence-corrected chi connectivity index (χ2v) is 8.69. The first-order valence-electron chi connectivity index (χ1n) is 11.1. The van der Waals surface area contributed by atoms with Crippen LogP contribution in [0.5, 0.6) is 11.5 Å². The molecule has 1 saturated heterocycles. The highest BCUT2D eigenvalue weighted by molar-refractivity contribution is 6.32. The molecular weight excluding hydrogens is 398 g/mol. The van der Waals surface area contributed by atoms with Crippen molar-refractivity contribution >= 4 is 17.6 Å². The molecule has 1 atom stereocenters. The van der Waals surface area contributed by atoms with Crippen molar-refractivity contribution in [3.05, 3.63) is 58.1 Å². The normalized spacial score (nSPS) is 19.1. The van der Waals surface area contributed by atoms with Gasteiger partial charge in [0.25, 0.3) is 0 Å². The summed E-state index contributed by atoms with van der Waals surface area (Å²) in [6.45, 7) is 5.71. The monoisotopic (exact) mass is 427 g/mol. The van der Waals surface area contributed by atoms with Gasteiger partial charge in [0.2, 0.25) is 0 Å². The Labute approximate surface area is 184 Å². The van der Waals surface area contributed by atoms with Gasteiger partial charge in [0.05, 0.1) is 6.61 Å². The highest BCUT2D eigenvalue weighted by Crippen LogP contribution is 2.45. The first-order chi connectivity index (χ1) is 14.6. The number of para-hydroxylation sites is 1. The van der Waals surface area contributed by atoms with E-state index in [2.05, 4.69) is 11.8 Å². The third-order valence-corrected chi connectivity index (χ3v) is 6.57. The summed E-state index contributed by atoms with van der Waals surface area (Å²) in [5, 5.41) is 0.662. The van der Waals surface area contributed by atoms with Gasteiger partial charge >= 0.3 is 5.97 Å². The lowest BCUT2D eigenvalue weighted by Crippen LogP contribution is -2.26. The zero-order chi connectivity index (χ0) is 21.1. The van der Waals surface area contributed by atoms with Gasteiger partial charge in [0, 0.05) is 17.1 Å². The number of carbonyl (C=O) groups is 1. The van der Waals surface area contributed by atoms with Gasteiger partial charge in [-0.05, 0) is 74.9 Å². The van der Waals surface area contributed by atoms with Crippen molar-refractivity contribution in [2.24, 2.45) is 0 Å². The second-order valence-electron chi connectivity index (χ2n) is 8.31. The molecule has 0 radical (unpaired) electrons. The smallest absolute Gasteiger partial charge is 0.347 e. The van der Waals surface area contributed by atoms with Crippen molar-refractivity contribution in [3.63, 3.8) is 0 Å². The van der Waals surface area contributed by atoms with Gasteiger partial charge < -0.3 is 9.47 Å². The van der Waals surface area contributed by atoms with Gasteiger partial charge in [-0.1, -0.05) is 43.1 Å². The molecule has 2 aliphatic rings. The van der Waals surface area contributed by atoms with Crippen molar-refractivity contribution in [1.82, 2.24) is 4.90 Å². The van der Waals surface area contributed by atoms with Crippen LogP contribution in [0.3, 0.4) is 0 Å². The molecule has 4 rings (SSSR count). The van der Waals surface area contributed by atoms with Crippen LogP contribution in [-0.4, -0.2) is 30.1 Å². The second kappa shape index (κ2) is 9.40. The molecule has 0 bridgehead atoms. The van der Waals surface area contributed by atoms with Gasteiger partial charge in [-0.2, -0.15) is 0 Å². The van der Waals surface area contributed by atoms with E-state index in [9.17, 15) is 4.79 Å². The standard InChI is InChI=1S/C25H30ClNO3/c1-3-4-15-29-22-16-20(21-11-8-14-27(21)18-12-13-18)24(26)17(2)23(22)25(28)30-19-9-6-5-7-10-19/h5-7,9-10,16,18,21H,3-4,8,11-15H2,1-2H3. The topological polar surface area (TPSA) is 38.8 Å². The Morgan fingerprint density at radius 3 is 2.67 bits per heavy atom. The number of unbranched alkanes of at least 4 members (excludes halogenated alkanes) is 1. The van der Waals surface area contributed by atoms with Crippen LogP contribution in [-0.2, 0) is 0 Å². The van der Waals surface area contributed by atoms with E-state index in [1.54, 1.807) is 12.1 Å². The first kappa shape index (κ1) is 21.2. The number of rotatable bonds is 8. The Morgan fingerprint density at radius 2 is 1.97 bits per heavy atom. The van der Waals surface area contributed by atoms with Crippen molar-refractivity contribution in [2.75, 3.05) is 13.2 Å². The molecule has 0 amide bonds. The molecule has 5 heteroatoms. The van der Waals surface area contributed by atoms with Crippen LogP contribution in [0.15, 0.2) is 36.4 Å². The van der Waals surface area contributed by atoms with Crippen LogP contribution < -0.4 is 9.47 Å². The maximum atomic E-state index is 13.1. The number of ether oxygens (including phenoxy) is 2. The number of esters is 1. The van der Waals surface area contributed by atoms with Crippen LogP contribution in [0.2, 0.25) is 5.02 Å². The number of halogens is 1. The number of likely N-dealkylation sites (tertiary alicyclic amines) is 1. The number of hydrogen-bond donors (Lipinski definition) is 0. The van der Waals surface area contributed by atoms with E-state index >= 15 is 0 Å². The Hall–Kier alpha value is -2.04. The van der Waals surface area contributed by atoms with Gasteiger partial charge in [-0.15, -0.1) is 0 Å². The van der Waals surface area contributed by atoms with Crippen molar-refractivity contribution in [1.29, 1.82) is 0 Å². The maximum Gasteiger partial charge on any atom is 0.347 e. The van der Waals surface area contributed by atoms with E-state index in [1.165, 1.54) is 19.3 Å². The molecule has 1 aliphatic carbocycles. The molecule has 160 valence electrons. The van der Waals surface area contributed by atoms with Gasteiger partial charge in [0.1, 0.15) is 17.1 Å². The summed E-state index contributed by atoms with van der Waals surface area (Å²) in [6.07, 6.45) is 6.78. The number of benzene rings is 2. The predicted molar refractivity (Wildman–Crippen MR) is 120 cm³/mol. The quantitative estimate of drug-likeness (QED) is 0.279. The molecule has 0 aromatic heterocycles. The Bertz CT molecular complexity index is 895. The summed E-state index contributed by atoms with van der Waals surface area (Å²) < 4.78 is 11.7. The van der Waals surface area contributed by atoms with Crippen LogP contribution in [0.4, 0.5) is 0 Å². The number of carbonyl (C=O) groups excluding carboxylic acids is 1. The molecule has 2 aromatic rings. The van der Waals surface area contributed by atoms with E-state index in [-0.39, 0.29) is 0 Å². The Morgan fingerprint density at radius 1 is 1.20 bits per heavy atom. The summed E-state index contributed by atoms with van der Waals surface area (Å²) >= 11 is 6.86. The third-order valence-electron chi connectivity index (χ3n) is 6.07. The van der Waals surface area contributed by atoms with Gasteiger partial charge in [-0.25, -0.2) is 4.79 Å². The molecule has 1 heterocycles. The maximum absolute atomic E-state index is 13.1. The average molecular weight is 428 g/mol. The highest BCUT2D eigenvalue weighted by atomic mass is 35.5. The average Bonchev–Trinajstić information content (AvgIpc) is 3.48. The lowest BCUT2D eigenvalue weighted by atomic mass is 9.97. The zero-order valence-corrected chi connectivity index (χ0v) is 18.6. The minimum atomic E-state index is -0.427. The Kier molecular flexibility index (Phi) is 6.64. The Balaban J connectivity index is 1.69. The van der Waals surface area contributed by atoms with Crippen molar-refractivity contribution in [3.8, 4) is 11.5 Å². The minimum Gasteiger partial charge on any atom is -0.493 e. The predicted octanol–water partition coefficient (Wildman–Crippen LogP) is 6.35.